The summed E-state index contributed by atoms with van der Waals surface area (Å²) in [4.78, 5) is 37.8. The van der Waals surface area contributed by atoms with E-state index in [1.165, 1.54) is 25.3 Å². The smallest absolute Gasteiger partial charge is 0.373 e. The van der Waals surface area contributed by atoms with Crippen LogP contribution in [0.4, 0.5) is 4.79 Å². The fourth-order valence-electron chi connectivity index (χ4n) is 2.79. The molecular weight excluding hydrogens is 474 g/mol. The SMILES string of the molecule is COC(=O)c1ccc(CN2C(=O)S/C(=C\c3ccc(-c4ccc(Br)cc4)o3)C2=O)o1. The highest BCUT2D eigenvalue weighted by Gasteiger charge is 2.36. The van der Waals surface area contributed by atoms with Crippen molar-refractivity contribution >= 4 is 50.9 Å². The molecule has 0 saturated carbocycles. The van der Waals surface area contributed by atoms with Gasteiger partial charge in [0.15, 0.2) is 0 Å². The molecule has 0 spiro atoms. The molecule has 1 aliphatic heterocycles. The molecule has 2 aromatic heterocycles. The summed E-state index contributed by atoms with van der Waals surface area (Å²) in [6, 6.07) is 14.1. The van der Waals surface area contributed by atoms with Gasteiger partial charge in [0, 0.05) is 16.1 Å². The number of rotatable bonds is 5. The van der Waals surface area contributed by atoms with Gasteiger partial charge in [-0.15, -0.1) is 0 Å². The van der Waals surface area contributed by atoms with Crippen LogP contribution in [0.5, 0.6) is 0 Å². The number of halogens is 1. The van der Waals surface area contributed by atoms with E-state index >= 15 is 0 Å². The number of esters is 1. The minimum Gasteiger partial charge on any atom is -0.463 e. The molecule has 0 aliphatic carbocycles. The Hall–Kier alpha value is -3.04. The summed E-state index contributed by atoms with van der Waals surface area (Å²) in [6.45, 7) is -0.0820. The van der Waals surface area contributed by atoms with Crippen LogP contribution < -0.4 is 0 Å². The molecule has 3 heterocycles. The second-order valence-corrected chi connectivity index (χ2v) is 8.14. The lowest BCUT2D eigenvalue weighted by Crippen LogP contribution is -2.27. The van der Waals surface area contributed by atoms with Crippen LogP contribution in [-0.2, 0) is 16.1 Å². The van der Waals surface area contributed by atoms with E-state index in [1.807, 2.05) is 24.3 Å². The van der Waals surface area contributed by atoms with E-state index in [4.69, 9.17) is 8.83 Å². The van der Waals surface area contributed by atoms with Crippen LogP contribution in [0.15, 0.2) is 66.7 Å². The van der Waals surface area contributed by atoms with Crippen molar-refractivity contribution in [2.45, 2.75) is 6.54 Å². The molecule has 3 aromatic rings. The molecule has 9 heteroatoms. The molecule has 2 amide bonds. The summed E-state index contributed by atoms with van der Waals surface area (Å²) >= 11 is 4.21. The maximum atomic E-state index is 12.7. The number of thioether (sulfide) groups is 1. The van der Waals surface area contributed by atoms with E-state index in [9.17, 15) is 14.4 Å². The van der Waals surface area contributed by atoms with Crippen molar-refractivity contribution in [3.8, 4) is 11.3 Å². The average Bonchev–Trinajstić information content (AvgIpc) is 3.45. The Labute approximate surface area is 183 Å². The molecule has 7 nitrogen and oxygen atoms in total. The lowest BCUT2D eigenvalue weighted by Gasteiger charge is -2.09. The number of benzene rings is 1. The van der Waals surface area contributed by atoms with Gasteiger partial charge in [0.1, 0.15) is 17.3 Å². The van der Waals surface area contributed by atoms with Crippen LogP contribution in [0.3, 0.4) is 0 Å². The molecule has 1 saturated heterocycles. The Kier molecular flexibility index (Phi) is 5.65. The molecule has 0 N–H and O–H groups in total. The largest absolute Gasteiger partial charge is 0.463 e. The highest BCUT2D eigenvalue weighted by Crippen LogP contribution is 2.34. The Bertz CT molecular complexity index is 1160. The minimum absolute atomic E-state index is 0.00562. The number of ether oxygens (including phenoxy) is 1. The van der Waals surface area contributed by atoms with E-state index in [0.717, 1.165) is 26.7 Å². The predicted octanol–water partition coefficient (Wildman–Crippen LogP) is 5.33. The third-order valence-corrected chi connectivity index (χ3v) is 5.70. The van der Waals surface area contributed by atoms with Crippen molar-refractivity contribution in [1.29, 1.82) is 0 Å². The van der Waals surface area contributed by atoms with Gasteiger partial charge < -0.3 is 13.6 Å². The van der Waals surface area contributed by atoms with Gasteiger partial charge in [0.2, 0.25) is 5.76 Å². The van der Waals surface area contributed by atoms with Gasteiger partial charge in [-0.25, -0.2) is 4.79 Å². The Morgan fingerprint density at radius 1 is 1.10 bits per heavy atom. The van der Waals surface area contributed by atoms with Crippen LogP contribution in [0, 0.1) is 0 Å². The van der Waals surface area contributed by atoms with Gasteiger partial charge in [0.05, 0.1) is 18.6 Å². The molecule has 1 aliphatic rings. The highest BCUT2D eigenvalue weighted by molar-refractivity contribution is 9.10. The standard InChI is InChI=1S/C21H14BrNO6S/c1-27-20(25)17-9-7-15(29-17)11-23-19(24)18(30-21(23)26)10-14-6-8-16(28-14)12-2-4-13(22)5-3-12/h2-10H,11H2,1H3/b18-10-. The number of nitrogens with zero attached hydrogens (tertiary/aromatic N) is 1. The number of carbonyl (C=O) groups is 3. The van der Waals surface area contributed by atoms with Gasteiger partial charge >= 0.3 is 5.97 Å². The highest BCUT2D eigenvalue weighted by atomic mass is 79.9. The monoisotopic (exact) mass is 487 g/mol. The van der Waals surface area contributed by atoms with Gasteiger partial charge in [-0.2, -0.15) is 0 Å². The molecule has 1 fully saturated rings. The zero-order chi connectivity index (χ0) is 21.3. The van der Waals surface area contributed by atoms with Crippen molar-refractivity contribution in [2.24, 2.45) is 0 Å². The number of amides is 2. The zero-order valence-electron chi connectivity index (χ0n) is 15.6. The molecule has 1 aromatic carbocycles. The molecule has 0 unspecified atom stereocenters. The summed E-state index contributed by atoms with van der Waals surface area (Å²) in [6.07, 6.45) is 1.54. The normalized spacial score (nSPS) is 15.3. The van der Waals surface area contributed by atoms with E-state index in [0.29, 0.717) is 17.3 Å². The van der Waals surface area contributed by atoms with Gasteiger partial charge in [-0.1, -0.05) is 28.1 Å². The summed E-state index contributed by atoms with van der Waals surface area (Å²) in [7, 11) is 1.24. The fourth-order valence-corrected chi connectivity index (χ4v) is 3.88. The third-order valence-electron chi connectivity index (χ3n) is 4.26. The van der Waals surface area contributed by atoms with E-state index < -0.39 is 17.1 Å². The van der Waals surface area contributed by atoms with Crippen molar-refractivity contribution in [3.63, 3.8) is 0 Å². The first kappa shape index (κ1) is 20.2. The molecule has 0 bridgehead atoms. The minimum atomic E-state index is -0.630. The second-order valence-electron chi connectivity index (χ2n) is 6.23. The summed E-state index contributed by atoms with van der Waals surface area (Å²) in [5.74, 6) is 0.334. The average molecular weight is 488 g/mol. The van der Waals surface area contributed by atoms with Crippen molar-refractivity contribution in [3.05, 3.63) is 75.2 Å². The number of hydrogen-bond donors (Lipinski definition) is 0. The number of methoxy groups -OCH3 is 1. The zero-order valence-corrected chi connectivity index (χ0v) is 18.0. The number of imide groups is 1. The first-order valence-corrected chi connectivity index (χ1v) is 10.3. The summed E-state index contributed by atoms with van der Waals surface area (Å²) in [5.41, 5.74) is 0.894. The van der Waals surface area contributed by atoms with Gasteiger partial charge in [0.25, 0.3) is 11.1 Å². The number of hydrogen-bond acceptors (Lipinski definition) is 7. The third kappa shape index (κ3) is 4.12. The maximum Gasteiger partial charge on any atom is 0.373 e. The molecule has 152 valence electrons. The Balaban J connectivity index is 1.50. The number of furan rings is 2. The topological polar surface area (TPSA) is 90.0 Å². The van der Waals surface area contributed by atoms with Crippen molar-refractivity contribution in [1.82, 2.24) is 4.90 Å². The number of carbonyl (C=O) groups excluding carboxylic acids is 3. The summed E-state index contributed by atoms with van der Waals surface area (Å²) in [5, 5.41) is -0.429. The van der Waals surface area contributed by atoms with Crippen LogP contribution >= 0.6 is 27.7 Å². The molecule has 0 atom stereocenters. The lowest BCUT2D eigenvalue weighted by atomic mass is 10.2. The second kappa shape index (κ2) is 8.37. The molecule has 30 heavy (non-hydrogen) atoms. The van der Waals surface area contributed by atoms with E-state index in [1.54, 1.807) is 12.1 Å². The first-order valence-electron chi connectivity index (χ1n) is 8.73. The predicted molar refractivity (Wildman–Crippen MR) is 113 cm³/mol. The molecular formula is C21H14BrNO6S. The van der Waals surface area contributed by atoms with Crippen LogP contribution in [-0.4, -0.2) is 29.1 Å². The van der Waals surface area contributed by atoms with Crippen LogP contribution in [0.2, 0.25) is 0 Å². The quantitative estimate of drug-likeness (QED) is 0.355. The Morgan fingerprint density at radius 2 is 1.87 bits per heavy atom. The lowest BCUT2D eigenvalue weighted by molar-refractivity contribution is -0.123. The summed E-state index contributed by atoms with van der Waals surface area (Å²) < 4.78 is 16.7. The van der Waals surface area contributed by atoms with E-state index in [-0.39, 0.29) is 17.2 Å². The van der Waals surface area contributed by atoms with Crippen molar-refractivity contribution in [2.75, 3.05) is 7.11 Å². The van der Waals surface area contributed by atoms with Crippen LogP contribution in [0.1, 0.15) is 22.1 Å². The van der Waals surface area contributed by atoms with Gasteiger partial charge in [-0.3, -0.25) is 14.5 Å². The van der Waals surface area contributed by atoms with Crippen LogP contribution in [0.25, 0.3) is 17.4 Å². The first-order chi connectivity index (χ1) is 14.4. The van der Waals surface area contributed by atoms with E-state index in [2.05, 4.69) is 20.7 Å². The van der Waals surface area contributed by atoms with Gasteiger partial charge in [-0.05, 0) is 48.2 Å². The maximum absolute atomic E-state index is 12.7. The fraction of sp³-hybridized carbons (Fsp3) is 0.0952. The Morgan fingerprint density at radius 3 is 2.60 bits per heavy atom. The van der Waals surface area contributed by atoms with Crippen molar-refractivity contribution < 1.29 is 28.0 Å². The molecule has 4 rings (SSSR count). The molecule has 0 radical (unpaired) electrons.